The summed E-state index contributed by atoms with van der Waals surface area (Å²) in [5.41, 5.74) is -1.07. The quantitative estimate of drug-likeness (QED) is 0.303. The molecule has 3 nitrogen and oxygen atoms in total. The Hall–Kier alpha value is -1.94. The van der Waals surface area contributed by atoms with Crippen LogP contribution in [-0.4, -0.2) is 10.9 Å². The molecule has 0 aliphatic heterocycles. The molecule has 100 valence electrons. The average Bonchev–Trinajstić information content (AvgIpc) is 2.35. The second-order valence-corrected chi connectivity index (χ2v) is 4.28. The van der Waals surface area contributed by atoms with Crippen LogP contribution in [0.1, 0.15) is 5.56 Å². The molecule has 1 N–H and O–H groups in total. The molecular weight excluding hydrogens is 275 g/mol. The summed E-state index contributed by atoms with van der Waals surface area (Å²) in [6.45, 7) is 3.49. The van der Waals surface area contributed by atoms with Crippen LogP contribution in [-0.2, 0) is 6.18 Å². The highest BCUT2D eigenvalue weighted by atomic mass is 32.2. The lowest BCUT2D eigenvalue weighted by Crippen LogP contribution is -2.14. The van der Waals surface area contributed by atoms with Gasteiger partial charge in [0.1, 0.15) is 0 Å². The van der Waals surface area contributed by atoms with E-state index in [9.17, 15) is 13.2 Å². The molecule has 0 amide bonds. The second-order valence-electron chi connectivity index (χ2n) is 3.27. The van der Waals surface area contributed by atoms with E-state index in [0.29, 0.717) is 5.75 Å². The van der Waals surface area contributed by atoms with Gasteiger partial charge in [-0.05, 0) is 12.1 Å². The molecule has 0 radical (unpaired) electrons. The summed E-state index contributed by atoms with van der Waals surface area (Å²) < 4.78 is 38.3. The lowest BCUT2D eigenvalue weighted by molar-refractivity contribution is -0.137. The summed E-state index contributed by atoms with van der Waals surface area (Å²) in [4.78, 5) is 3.83. The third kappa shape index (κ3) is 4.67. The topological polar surface area (TPSA) is 48.2 Å². The summed E-state index contributed by atoms with van der Waals surface area (Å²) in [5, 5.41) is 10.9. The number of alkyl halides is 3. The Kier molecular flexibility index (Phi) is 5.45. The smallest absolute Gasteiger partial charge is 0.271 e. The molecule has 1 aromatic carbocycles. The van der Waals surface area contributed by atoms with Gasteiger partial charge in [-0.1, -0.05) is 30.0 Å². The van der Waals surface area contributed by atoms with E-state index >= 15 is 0 Å². The second kappa shape index (κ2) is 6.85. The first-order chi connectivity index (χ1) is 8.99. The standard InChI is InChI=1S/C12H10F3N3S/c1-2-7-19-11(17-8-16)18-10-6-4-3-5-9(10)12(13,14)15/h2-6H,1,7H2,(H,17,18). The molecule has 0 aliphatic rings. The Morgan fingerprint density at radius 1 is 1.47 bits per heavy atom. The molecule has 0 spiro atoms. The van der Waals surface area contributed by atoms with Gasteiger partial charge in [-0.25, -0.2) is 4.99 Å². The molecule has 0 bridgehead atoms. The van der Waals surface area contributed by atoms with Crippen molar-refractivity contribution in [2.45, 2.75) is 6.18 Å². The molecular formula is C12H10F3N3S. The Balaban J connectivity index is 3.13. The number of rotatable bonds is 3. The van der Waals surface area contributed by atoms with Gasteiger partial charge in [0.15, 0.2) is 11.4 Å². The Morgan fingerprint density at radius 2 is 2.16 bits per heavy atom. The van der Waals surface area contributed by atoms with Crippen LogP contribution in [0, 0.1) is 11.5 Å². The summed E-state index contributed by atoms with van der Waals surface area (Å²) in [7, 11) is 0. The van der Waals surface area contributed by atoms with Gasteiger partial charge in [0.2, 0.25) is 0 Å². The van der Waals surface area contributed by atoms with E-state index in [1.54, 1.807) is 12.3 Å². The van der Waals surface area contributed by atoms with Gasteiger partial charge >= 0.3 is 6.18 Å². The van der Waals surface area contributed by atoms with E-state index in [4.69, 9.17) is 5.26 Å². The fourth-order valence-corrected chi connectivity index (χ4v) is 1.76. The zero-order valence-electron chi connectivity index (χ0n) is 9.74. The van der Waals surface area contributed by atoms with Gasteiger partial charge in [0, 0.05) is 5.75 Å². The highest BCUT2D eigenvalue weighted by Crippen LogP contribution is 2.36. The van der Waals surface area contributed by atoms with Crippen LogP contribution in [0.5, 0.6) is 0 Å². The lowest BCUT2D eigenvalue weighted by Gasteiger charge is -2.10. The van der Waals surface area contributed by atoms with E-state index in [1.807, 2.05) is 0 Å². The van der Waals surface area contributed by atoms with Crippen molar-refractivity contribution in [1.82, 2.24) is 5.32 Å². The van der Waals surface area contributed by atoms with Crippen LogP contribution in [0.4, 0.5) is 18.9 Å². The number of benzene rings is 1. The van der Waals surface area contributed by atoms with Gasteiger partial charge in [-0.15, -0.1) is 6.58 Å². The maximum Gasteiger partial charge on any atom is 0.418 e. The summed E-state index contributed by atoms with van der Waals surface area (Å²) in [5.74, 6) is 0.432. The highest BCUT2D eigenvalue weighted by Gasteiger charge is 2.33. The summed E-state index contributed by atoms with van der Waals surface area (Å²) in [6.07, 6.45) is -1.28. The van der Waals surface area contributed by atoms with Crippen LogP contribution >= 0.6 is 11.8 Å². The minimum atomic E-state index is -4.49. The van der Waals surface area contributed by atoms with Crippen molar-refractivity contribution in [3.8, 4) is 6.19 Å². The van der Waals surface area contributed by atoms with Crippen molar-refractivity contribution in [3.63, 3.8) is 0 Å². The van der Waals surface area contributed by atoms with Crippen molar-refractivity contribution in [1.29, 1.82) is 5.26 Å². The number of amidine groups is 1. The SMILES string of the molecule is C=CCSC(=Nc1ccccc1C(F)(F)F)NC#N. The zero-order valence-corrected chi connectivity index (χ0v) is 10.6. The molecule has 0 atom stereocenters. The number of para-hydroxylation sites is 1. The Bertz CT molecular complexity index is 518. The number of thioether (sulfide) groups is 1. The van der Waals surface area contributed by atoms with Crippen LogP contribution < -0.4 is 5.32 Å². The third-order valence-electron chi connectivity index (χ3n) is 1.93. The number of hydrogen-bond donors (Lipinski definition) is 1. The van der Waals surface area contributed by atoms with Crippen molar-refractivity contribution in [2.75, 3.05) is 5.75 Å². The number of nitriles is 1. The monoisotopic (exact) mass is 285 g/mol. The largest absolute Gasteiger partial charge is 0.418 e. The fourth-order valence-electron chi connectivity index (χ4n) is 1.20. The number of nitrogens with one attached hydrogen (secondary N) is 1. The first-order valence-electron chi connectivity index (χ1n) is 5.12. The van der Waals surface area contributed by atoms with E-state index in [-0.39, 0.29) is 10.9 Å². The van der Waals surface area contributed by atoms with Crippen LogP contribution in [0.3, 0.4) is 0 Å². The highest BCUT2D eigenvalue weighted by molar-refractivity contribution is 8.13. The molecule has 0 aliphatic carbocycles. The Morgan fingerprint density at radius 3 is 2.74 bits per heavy atom. The number of aliphatic imine (C=N–C) groups is 1. The summed E-state index contributed by atoms with van der Waals surface area (Å²) >= 11 is 1.09. The normalized spacial score (nSPS) is 11.8. The Labute approximate surface area is 112 Å². The fraction of sp³-hybridized carbons (Fsp3) is 0.167. The van der Waals surface area contributed by atoms with Crippen molar-refractivity contribution in [2.24, 2.45) is 4.99 Å². The molecule has 1 aromatic rings. The third-order valence-corrected chi connectivity index (χ3v) is 2.80. The van der Waals surface area contributed by atoms with Crippen molar-refractivity contribution in [3.05, 3.63) is 42.5 Å². The zero-order chi connectivity index (χ0) is 14.3. The number of halogens is 3. The van der Waals surface area contributed by atoms with E-state index in [2.05, 4.69) is 16.9 Å². The van der Waals surface area contributed by atoms with Crippen molar-refractivity contribution < 1.29 is 13.2 Å². The molecule has 0 saturated heterocycles. The first-order valence-corrected chi connectivity index (χ1v) is 6.11. The van der Waals surface area contributed by atoms with Crippen LogP contribution in [0.25, 0.3) is 0 Å². The van der Waals surface area contributed by atoms with E-state index in [1.165, 1.54) is 18.2 Å². The summed E-state index contributed by atoms with van der Waals surface area (Å²) in [6, 6.07) is 4.93. The van der Waals surface area contributed by atoms with Crippen LogP contribution in [0.15, 0.2) is 41.9 Å². The van der Waals surface area contributed by atoms with Gasteiger partial charge in [0.05, 0.1) is 11.3 Å². The van der Waals surface area contributed by atoms with E-state index in [0.717, 1.165) is 17.8 Å². The minimum absolute atomic E-state index is 0.0964. The number of nitrogens with zero attached hydrogens (tertiary/aromatic N) is 2. The molecule has 19 heavy (non-hydrogen) atoms. The van der Waals surface area contributed by atoms with Gasteiger partial charge in [-0.3, -0.25) is 5.32 Å². The molecule has 0 fully saturated rings. The lowest BCUT2D eigenvalue weighted by atomic mass is 10.2. The van der Waals surface area contributed by atoms with Gasteiger partial charge < -0.3 is 0 Å². The average molecular weight is 285 g/mol. The molecule has 0 heterocycles. The first kappa shape index (κ1) is 15.1. The molecule has 0 saturated carbocycles. The van der Waals surface area contributed by atoms with Gasteiger partial charge in [0.25, 0.3) is 0 Å². The molecule has 7 heteroatoms. The van der Waals surface area contributed by atoms with Crippen LogP contribution in [0.2, 0.25) is 0 Å². The molecule has 0 aromatic heterocycles. The maximum atomic E-state index is 12.8. The predicted molar refractivity (Wildman–Crippen MR) is 69.9 cm³/mol. The number of hydrogen-bond acceptors (Lipinski definition) is 3. The van der Waals surface area contributed by atoms with E-state index < -0.39 is 11.7 Å². The maximum absolute atomic E-state index is 12.8. The minimum Gasteiger partial charge on any atom is -0.271 e. The van der Waals surface area contributed by atoms with Gasteiger partial charge in [-0.2, -0.15) is 18.4 Å². The molecule has 1 rings (SSSR count). The molecule has 0 unspecified atom stereocenters. The van der Waals surface area contributed by atoms with Crippen molar-refractivity contribution >= 4 is 22.6 Å². The predicted octanol–water partition coefficient (Wildman–Crippen LogP) is 3.68.